The maximum Gasteiger partial charge on any atom is 0.0418 e. The summed E-state index contributed by atoms with van der Waals surface area (Å²) in [7, 11) is 4.25. The first kappa shape index (κ1) is 13.4. The third-order valence-corrected chi connectivity index (χ3v) is 3.80. The zero-order chi connectivity index (χ0) is 13.0. The molecule has 1 atom stereocenters. The number of nitrogens with zero attached hydrogens (tertiary/aromatic N) is 1. The molecular weight excluding hydrogens is 222 g/mol. The van der Waals surface area contributed by atoms with Crippen molar-refractivity contribution in [2.75, 3.05) is 32.5 Å². The maximum atomic E-state index is 3.55. The van der Waals surface area contributed by atoms with Crippen LogP contribution in [0.1, 0.15) is 24.5 Å². The molecule has 100 valence electrons. The number of nitrogens with one attached hydrogen (secondary N) is 2. The minimum absolute atomic E-state index is 0.567. The van der Waals surface area contributed by atoms with Crippen molar-refractivity contribution >= 4 is 5.69 Å². The molecule has 1 unspecified atom stereocenters. The van der Waals surface area contributed by atoms with Gasteiger partial charge in [0, 0.05) is 31.4 Å². The molecule has 0 saturated carbocycles. The van der Waals surface area contributed by atoms with Gasteiger partial charge in [0.05, 0.1) is 0 Å². The second-order valence-corrected chi connectivity index (χ2v) is 5.43. The molecule has 0 aliphatic carbocycles. The van der Waals surface area contributed by atoms with Crippen molar-refractivity contribution in [2.24, 2.45) is 0 Å². The van der Waals surface area contributed by atoms with E-state index in [1.807, 2.05) is 0 Å². The Morgan fingerprint density at radius 2 is 2.22 bits per heavy atom. The topological polar surface area (TPSA) is 27.3 Å². The van der Waals surface area contributed by atoms with Gasteiger partial charge in [-0.1, -0.05) is 18.2 Å². The van der Waals surface area contributed by atoms with Gasteiger partial charge in [-0.2, -0.15) is 0 Å². The van der Waals surface area contributed by atoms with Crippen LogP contribution in [0.4, 0.5) is 5.69 Å². The molecule has 1 aliphatic rings. The Bertz CT molecular complexity index is 387. The molecule has 3 nitrogen and oxygen atoms in total. The Morgan fingerprint density at radius 3 is 3.00 bits per heavy atom. The van der Waals surface area contributed by atoms with Crippen LogP contribution in [0.3, 0.4) is 0 Å². The fraction of sp³-hybridized carbons (Fsp3) is 0.600. The van der Waals surface area contributed by atoms with E-state index in [-0.39, 0.29) is 0 Å². The molecule has 2 N–H and O–H groups in total. The van der Waals surface area contributed by atoms with Crippen LogP contribution in [0, 0.1) is 0 Å². The summed E-state index contributed by atoms with van der Waals surface area (Å²) in [5, 5.41) is 7.09. The second-order valence-electron chi connectivity index (χ2n) is 5.43. The van der Waals surface area contributed by atoms with Crippen LogP contribution in [0.25, 0.3) is 0 Å². The van der Waals surface area contributed by atoms with Crippen LogP contribution in [0.5, 0.6) is 0 Å². The molecule has 2 rings (SSSR count). The maximum absolute atomic E-state index is 3.55. The van der Waals surface area contributed by atoms with Crippen LogP contribution < -0.4 is 10.6 Å². The highest BCUT2D eigenvalue weighted by Gasteiger charge is 2.12. The second kappa shape index (κ2) is 6.21. The first-order valence-corrected chi connectivity index (χ1v) is 6.90. The predicted molar refractivity (Wildman–Crippen MR) is 78.1 cm³/mol. The summed E-state index contributed by atoms with van der Waals surface area (Å²) in [5.74, 6) is 0. The van der Waals surface area contributed by atoms with Crippen molar-refractivity contribution in [1.29, 1.82) is 0 Å². The molecule has 0 amide bonds. The van der Waals surface area contributed by atoms with Gasteiger partial charge in [-0.15, -0.1) is 0 Å². The first-order valence-electron chi connectivity index (χ1n) is 6.90. The Balaban J connectivity index is 1.93. The molecule has 1 aliphatic heterocycles. The summed E-state index contributed by atoms with van der Waals surface area (Å²) in [6.45, 7) is 5.33. The first-order chi connectivity index (χ1) is 8.68. The van der Waals surface area contributed by atoms with E-state index < -0.39 is 0 Å². The molecule has 1 aromatic rings. The van der Waals surface area contributed by atoms with Crippen LogP contribution in [0.2, 0.25) is 0 Å². The van der Waals surface area contributed by atoms with E-state index in [1.54, 1.807) is 0 Å². The zero-order valence-electron chi connectivity index (χ0n) is 11.8. The number of benzene rings is 1. The highest BCUT2D eigenvalue weighted by Crippen LogP contribution is 2.25. The van der Waals surface area contributed by atoms with E-state index in [4.69, 9.17) is 0 Å². The van der Waals surface area contributed by atoms with E-state index in [0.717, 1.165) is 19.6 Å². The van der Waals surface area contributed by atoms with E-state index in [1.165, 1.54) is 29.7 Å². The normalized spacial score (nSPS) is 16.2. The lowest BCUT2D eigenvalue weighted by Gasteiger charge is -2.23. The molecule has 18 heavy (non-hydrogen) atoms. The van der Waals surface area contributed by atoms with Gasteiger partial charge in [0.2, 0.25) is 0 Å². The van der Waals surface area contributed by atoms with Crippen molar-refractivity contribution in [1.82, 2.24) is 10.2 Å². The lowest BCUT2D eigenvalue weighted by Crippen LogP contribution is -2.35. The molecule has 0 fully saturated rings. The highest BCUT2D eigenvalue weighted by atomic mass is 15.1. The van der Waals surface area contributed by atoms with Crippen molar-refractivity contribution in [3.63, 3.8) is 0 Å². The van der Waals surface area contributed by atoms with Crippen LogP contribution in [0.15, 0.2) is 18.2 Å². The Labute approximate surface area is 111 Å². The number of anilines is 1. The average Bonchev–Trinajstić information content (AvgIpc) is 2.38. The van der Waals surface area contributed by atoms with E-state index in [9.17, 15) is 0 Å². The number of hydrogen-bond acceptors (Lipinski definition) is 3. The Kier molecular flexibility index (Phi) is 4.61. The fourth-order valence-corrected chi connectivity index (χ4v) is 2.33. The third-order valence-electron chi connectivity index (χ3n) is 3.80. The molecule has 0 saturated heterocycles. The van der Waals surface area contributed by atoms with Gasteiger partial charge < -0.3 is 15.5 Å². The molecule has 3 heteroatoms. The lowest BCUT2D eigenvalue weighted by atomic mass is 9.99. The minimum atomic E-state index is 0.567. The van der Waals surface area contributed by atoms with Gasteiger partial charge in [0.25, 0.3) is 0 Å². The van der Waals surface area contributed by atoms with Crippen molar-refractivity contribution in [3.8, 4) is 0 Å². The molecule has 0 spiro atoms. The standard InChI is InChI=1S/C15H25N3/c1-12(18(2)3)10-16-11-14-7-4-6-13-8-5-9-17-15(13)14/h4,6-7,12,16-17H,5,8-11H2,1-3H3. The SMILES string of the molecule is CC(CNCc1cccc2c1NCCC2)N(C)C. The number of aryl methyl sites for hydroxylation is 1. The number of para-hydroxylation sites is 1. The number of rotatable bonds is 5. The van der Waals surface area contributed by atoms with E-state index in [2.05, 4.69) is 54.8 Å². The predicted octanol–water partition coefficient (Wildman–Crippen LogP) is 2.08. The fourth-order valence-electron chi connectivity index (χ4n) is 2.33. The smallest absolute Gasteiger partial charge is 0.0418 e. The van der Waals surface area contributed by atoms with Crippen molar-refractivity contribution in [2.45, 2.75) is 32.4 Å². The summed E-state index contributed by atoms with van der Waals surface area (Å²) in [5.41, 5.74) is 4.24. The highest BCUT2D eigenvalue weighted by molar-refractivity contribution is 5.59. The summed E-state index contributed by atoms with van der Waals surface area (Å²) in [4.78, 5) is 2.24. The zero-order valence-corrected chi connectivity index (χ0v) is 11.8. The van der Waals surface area contributed by atoms with Gasteiger partial charge in [0.15, 0.2) is 0 Å². The molecular formula is C15H25N3. The monoisotopic (exact) mass is 247 g/mol. The molecule has 1 aromatic carbocycles. The summed E-state index contributed by atoms with van der Waals surface area (Å²) in [6.07, 6.45) is 2.46. The third kappa shape index (κ3) is 3.24. The van der Waals surface area contributed by atoms with Crippen LogP contribution >= 0.6 is 0 Å². The quantitative estimate of drug-likeness (QED) is 0.834. The average molecular weight is 247 g/mol. The van der Waals surface area contributed by atoms with Crippen molar-refractivity contribution in [3.05, 3.63) is 29.3 Å². The van der Waals surface area contributed by atoms with Gasteiger partial charge in [-0.3, -0.25) is 0 Å². The molecule has 0 radical (unpaired) electrons. The van der Waals surface area contributed by atoms with E-state index in [0.29, 0.717) is 6.04 Å². The molecule has 1 heterocycles. The lowest BCUT2D eigenvalue weighted by molar-refractivity contribution is 0.302. The Morgan fingerprint density at radius 1 is 1.39 bits per heavy atom. The largest absolute Gasteiger partial charge is 0.385 e. The molecule has 0 aromatic heterocycles. The van der Waals surface area contributed by atoms with Crippen LogP contribution in [-0.2, 0) is 13.0 Å². The number of fused-ring (bicyclic) bond motifs is 1. The van der Waals surface area contributed by atoms with Gasteiger partial charge in [-0.05, 0) is 45.0 Å². The van der Waals surface area contributed by atoms with E-state index >= 15 is 0 Å². The summed E-state index contributed by atoms with van der Waals surface area (Å²) >= 11 is 0. The summed E-state index contributed by atoms with van der Waals surface area (Å²) in [6, 6.07) is 7.22. The van der Waals surface area contributed by atoms with Gasteiger partial charge >= 0.3 is 0 Å². The van der Waals surface area contributed by atoms with Crippen LogP contribution in [-0.4, -0.2) is 38.1 Å². The van der Waals surface area contributed by atoms with Gasteiger partial charge in [0.1, 0.15) is 0 Å². The number of hydrogen-bond donors (Lipinski definition) is 2. The van der Waals surface area contributed by atoms with Gasteiger partial charge in [-0.25, -0.2) is 0 Å². The Hall–Kier alpha value is -1.06. The minimum Gasteiger partial charge on any atom is -0.385 e. The van der Waals surface area contributed by atoms with Crippen molar-refractivity contribution < 1.29 is 0 Å². The summed E-state index contributed by atoms with van der Waals surface area (Å²) < 4.78 is 0. The molecule has 0 bridgehead atoms. The number of likely N-dealkylation sites (N-methyl/N-ethyl adjacent to an activating group) is 1.